The van der Waals surface area contributed by atoms with Crippen LogP contribution in [0.2, 0.25) is 0 Å². The molecule has 3 heterocycles. The Bertz CT molecular complexity index is 1120. The Morgan fingerprint density at radius 2 is 1.83 bits per heavy atom. The number of pyridine rings is 1. The highest BCUT2D eigenvalue weighted by molar-refractivity contribution is 5.96. The first-order valence-corrected chi connectivity index (χ1v) is 11.0. The van der Waals surface area contributed by atoms with Crippen LogP contribution in [0.1, 0.15) is 49.3 Å². The molecule has 0 bridgehead atoms. The summed E-state index contributed by atoms with van der Waals surface area (Å²) >= 11 is 0. The summed E-state index contributed by atoms with van der Waals surface area (Å²) in [6.07, 6.45) is 16.5. The minimum absolute atomic E-state index is 0.326. The molecule has 3 aromatic rings. The summed E-state index contributed by atoms with van der Waals surface area (Å²) < 4.78 is 2.24. The van der Waals surface area contributed by atoms with Gasteiger partial charge < -0.3 is 4.57 Å². The van der Waals surface area contributed by atoms with Crippen LogP contribution in [0.25, 0.3) is 11.4 Å². The summed E-state index contributed by atoms with van der Waals surface area (Å²) in [5.74, 6) is 1.80. The first kappa shape index (κ1) is 17.8. The minimum atomic E-state index is -0.326. The Hall–Kier alpha value is -3.08. The Morgan fingerprint density at radius 3 is 2.57 bits per heavy atom. The monoisotopic (exact) mass is 395 g/mol. The molecule has 5 nitrogen and oxygen atoms in total. The quantitative estimate of drug-likeness (QED) is 0.604. The van der Waals surface area contributed by atoms with E-state index in [4.69, 9.17) is 4.99 Å². The number of dihydropyridines is 1. The lowest BCUT2D eigenvalue weighted by Gasteiger charge is -2.34. The lowest BCUT2D eigenvalue weighted by atomic mass is 9.71. The minimum Gasteiger partial charge on any atom is -0.310 e. The molecule has 1 unspecified atom stereocenters. The summed E-state index contributed by atoms with van der Waals surface area (Å²) in [5.41, 5.74) is 4.50. The standard InChI is InChI=1S/C25H25N5/c1-2-4-23(22(3-1)24-29-28-17-30(24)21-7-8-21)25(19-10-13-26-14-11-19)12-9-20(27-16-25)15-18-5-6-18/h1-4,9-14,17-18,21H,5-8,15-16H2. The third kappa shape index (κ3) is 3.09. The van der Waals surface area contributed by atoms with Gasteiger partial charge in [-0.1, -0.05) is 30.3 Å². The van der Waals surface area contributed by atoms with Gasteiger partial charge in [-0.05, 0) is 67.4 Å². The molecule has 0 radical (unpaired) electrons. The second-order valence-electron chi connectivity index (χ2n) is 8.83. The molecule has 2 aromatic heterocycles. The molecule has 1 aromatic carbocycles. The molecule has 3 aliphatic rings. The van der Waals surface area contributed by atoms with Crippen molar-refractivity contribution >= 4 is 5.71 Å². The van der Waals surface area contributed by atoms with Crippen molar-refractivity contribution < 1.29 is 0 Å². The molecule has 0 N–H and O–H groups in total. The molecule has 2 fully saturated rings. The highest BCUT2D eigenvalue weighted by Gasteiger charge is 2.38. The maximum Gasteiger partial charge on any atom is 0.164 e. The highest BCUT2D eigenvalue weighted by Crippen LogP contribution is 2.44. The molecule has 5 heteroatoms. The Kier molecular flexibility index (Phi) is 4.15. The molecular formula is C25H25N5. The van der Waals surface area contributed by atoms with Gasteiger partial charge in [0.15, 0.2) is 5.82 Å². The highest BCUT2D eigenvalue weighted by atomic mass is 15.3. The van der Waals surface area contributed by atoms with Gasteiger partial charge in [-0.3, -0.25) is 9.98 Å². The molecule has 0 amide bonds. The molecular weight excluding hydrogens is 370 g/mol. The van der Waals surface area contributed by atoms with Gasteiger partial charge in [0.05, 0.1) is 12.0 Å². The number of allylic oxidation sites excluding steroid dienone is 1. The van der Waals surface area contributed by atoms with Crippen molar-refractivity contribution in [1.82, 2.24) is 19.7 Å². The predicted octanol–water partition coefficient (Wildman–Crippen LogP) is 4.77. The maximum atomic E-state index is 5.07. The molecule has 2 saturated carbocycles. The third-order valence-corrected chi connectivity index (χ3v) is 6.64. The lowest BCUT2D eigenvalue weighted by molar-refractivity contribution is 0.644. The van der Waals surface area contributed by atoms with Crippen LogP contribution >= 0.6 is 0 Å². The Balaban J connectivity index is 1.48. The van der Waals surface area contributed by atoms with Crippen LogP contribution in [0.15, 0.2) is 72.3 Å². The van der Waals surface area contributed by atoms with Gasteiger partial charge in [0.25, 0.3) is 0 Å². The Labute approximate surface area is 176 Å². The normalized spacial score (nSPS) is 23.4. The van der Waals surface area contributed by atoms with Crippen molar-refractivity contribution in [2.45, 2.75) is 43.6 Å². The SMILES string of the molecule is C1=CC(c2ccncc2)(c2ccccc2-c2nncn2C2CC2)CN=C1CC1CC1. The van der Waals surface area contributed by atoms with Crippen LogP contribution in [0.3, 0.4) is 0 Å². The van der Waals surface area contributed by atoms with E-state index in [1.807, 2.05) is 18.7 Å². The van der Waals surface area contributed by atoms with Crippen LogP contribution < -0.4 is 0 Å². The van der Waals surface area contributed by atoms with Crippen molar-refractivity contribution in [2.24, 2.45) is 10.9 Å². The zero-order chi connectivity index (χ0) is 20.0. The number of aromatic nitrogens is 4. The third-order valence-electron chi connectivity index (χ3n) is 6.64. The van der Waals surface area contributed by atoms with E-state index in [2.05, 4.69) is 68.3 Å². The van der Waals surface area contributed by atoms with E-state index >= 15 is 0 Å². The van der Waals surface area contributed by atoms with Crippen LogP contribution in [0.5, 0.6) is 0 Å². The van der Waals surface area contributed by atoms with Gasteiger partial charge in [0.1, 0.15) is 6.33 Å². The number of benzene rings is 1. The second-order valence-corrected chi connectivity index (χ2v) is 8.83. The average molecular weight is 396 g/mol. The molecule has 0 spiro atoms. The number of hydrogen-bond acceptors (Lipinski definition) is 4. The van der Waals surface area contributed by atoms with E-state index in [0.717, 1.165) is 23.7 Å². The topological polar surface area (TPSA) is 56.0 Å². The fraction of sp³-hybridized carbons (Fsp3) is 0.360. The fourth-order valence-corrected chi connectivity index (χ4v) is 4.61. The molecule has 1 atom stereocenters. The van der Waals surface area contributed by atoms with E-state index in [1.54, 1.807) is 0 Å². The van der Waals surface area contributed by atoms with Gasteiger partial charge in [-0.25, -0.2) is 0 Å². The summed E-state index contributed by atoms with van der Waals surface area (Å²) in [7, 11) is 0. The van der Waals surface area contributed by atoms with E-state index in [9.17, 15) is 0 Å². The van der Waals surface area contributed by atoms with E-state index in [-0.39, 0.29) is 5.41 Å². The smallest absolute Gasteiger partial charge is 0.164 e. The van der Waals surface area contributed by atoms with Crippen molar-refractivity contribution in [3.05, 3.63) is 78.4 Å². The lowest BCUT2D eigenvalue weighted by Crippen LogP contribution is -2.33. The number of nitrogens with zero attached hydrogens (tertiary/aromatic N) is 5. The first-order chi connectivity index (χ1) is 14.8. The molecule has 2 aliphatic carbocycles. The van der Waals surface area contributed by atoms with Gasteiger partial charge in [0, 0.05) is 29.7 Å². The molecule has 6 rings (SSSR count). The van der Waals surface area contributed by atoms with Gasteiger partial charge in [-0.15, -0.1) is 10.2 Å². The zero-order valence-corrected chi connectivity index (χ0v) is 17.0. The van der Waals surface area contributed by atoms with Crippen molar-refractivity contribution in [1.29, 1.82) is 0 Å². The summed E-state index contributed by atoms with van der Waals surface area (Å²) in [4.78, 5) is 9.33. The predicted molar refractivity (Wildman–Crippen MR) is 118 cm³/mol. The van der Waals surface area contributed by atoms with Crippen molar-refractivity contribution in [3.63, 3.8) is 0 Å². The molecule has 0 saturated heterocycles. The summed E-state index contributed by atoms with van der Waals surface area (Å²) in [5, 5.41) is 8.78. The second kappa shape index (κ2) is 7.01. The maximum absolute atomic E-state index is 5.07. The van der Waals surface area contributed by atoms with Crippen LogP contribution in [0.4, 0.5) is 0 Å². The summed E-state index contributed by atoms with van der Waals surface area (Å²) in [6, 6.07) is 13.4. The first-order valence-electron chi connectivity index (χ1n) is 11.0. The van der Waals surface area contributed by atoms with Gasteiger partial charge in [0.2, 0.25) is 0 Å². The molecule has 150 valence electrons. The van der Waals surface area contributed by atoms with Crippen molar-refractivity contribution in [2.75, 3.05) is 6.54 Å². The zero-order valence-electron chi connectivity index (χ0n) is 17.0. The van der Waals surface area contributed by atoms with Crippen molar-refractivity contribution in [3.8, 4) is 11.4 Å². The average Bonchev–Trinajstić information content (AvgIpc) is 3.75. The van der Waals surface area contributed by atoms with Gasteiger partial charge >= 0.3 is 0 Å². The number of hydrogen-bond donors (Lipinski definition) is 0. The number of aliphatic imine (C=N–C) groups is 1. The fourth-order valence-electron chi connectivity index (χ4n) is 4.61. The van der Waals surface area contributed by atoms with Crippen LogP contribution in [-0.4, -0.2) is 32.0 Å². The van der Waals surface area contributed by atoms with E-state index in [1.165, 1.54) is 42.5 Å². The van der Waals surface area contributed by atoms with Gasteiger partial charge in [-0.2, -0.15) is 0 Å². The molecule has 1 aliphatic heterocycles. The Morgan fingerprint density at radius 1 is 1.00 bits per heavy atom. The number of rotatable bonds is 6. The summed E-state index contributed by atoms with van der Waals surface area (Å²) in [6.45, 7) is 0.712. The van der Waals surface area contributed by atoms with Crippen LogP contribution in [0, 0.1) is 5.92 Å². The van der Waals surface area contributed by atoms with E-state index < -0.39 is 0 Å². The molecule has 30 heavy (non-hydrogen) atoms. The van der Waals surface area contributed by atoms with Crippen LogP contribution in [-0.2, 0) is 5.41 Å². The largest absolute Gasteiger partial charge is 0.310 e. The van der Waals surface area contributed by atoms with E-state index in [0.29, 0.717) is 12.6 Å².